The van der Waals surface area contributed by atoms with Crippen LogP contribution < -0.4 is 11.1 Å². The summed E-state index contributed by atoms with van der Waals surface area (Å²) in [6.45, 7) is 3.17. The van der Waals surface area contributed by atoms with Crippen molar-refractivity contribution in [3.63, 3.8) is 0 Å². The van der Waals surface area contributed by atoms with Crippen LogP contribution >= 0.6 is 0 Å². The Labute approximate surface area is 124 Å². The Morgan fingerprint density at radius 1 is 1.20 bits per heavy atom. The first kappa shape index (κ1) is 15.6. The van der Waals surface area contributed by atoms with E-state index in [2.05, 4.69) is 36.5 Å². The third-order valence-electron chi connectivity index (χ3n) is 4.38. The summed E-state index contributed by atoms with van der Waals surface area (Å²) in [6.07, 6.45) is 7.40. The molecule has 0 aliphatic heterocycles. The maximum absolute atomic E-state index is 6.35. The van der Waals surface area contributed by atoms with Crippen LogP contribution in [0.15, 0.2) is 24.3 Å². The molecule has 0 bridgehead atoms. The van der Waals surface area contributed by atoms with Gasteiger partial charge in [0.1, 0.15) is 0 Å². The standard InChI is InChI=1S/C17H27BN2/c1-17(19,8-4-5-10-18)9-11-20-16-12-14-6-2-3-7-15(14)13-16/h2-3,6-7,16,20H,4-5,8-13,19H2,1H3. The van der Waals surface area contributed by atoms with Gasteiger partial charge < -0.3 is 11.1 Å². The molecule has 1 aromatic rings. The van der Waals surface area contributed by atoms with Crippen LogP contribution in [0.3, 0.4) is 0 Å². The molecular weight excluding hydrogens is 243 g/mol. The summed E-state index contributed by atoms with van der Waals surface area (Å²) >= 11 is 0. The van der Waals surface area contributed by atoms with Gasteiger partial charge in [-0.3, -0.25) is 0 Å². The molecule has 0 saturated carbocycles. The van der Waals surface area contributed by atoms with Crippen molar-refractivity contribution in [3.8, 4) is 0 Å². The molecule has 108 valence electrons. The predicted octanol–water partition coefficient (Wildman–Crippen LogP) is 2.61. The lowest BCUT2D eigenvalue weighted by Gasteiger charge is -2.25. The van der Waals surface area contributed by atoms with Gasteiger partial charge in [0, 0.05) is 11.6 Å². The van der Waals surface area contributed by atoms with E-state index < -0.39 is 0 Å². The zero-order valence-electron chi connectivity index (χ0n) is 12.7. The Kier molecular flexibility index (Phi) is 5.68. The van der Waals surface area contributed by atoms with Crippen LogP contribution in [0.2, 0.25) is 6.32 Å². The number of hydrogen-bond acceptors (Lipinski definition) is 2. The molecule has 1 unspecified atom stereocenters. The number of hydrogen-bond donors (Lipinski definition) is 2. The molecule has 0 amide bonds. The van der Waals surface area contributed by atoms with Crippen molar-refractivity contribution in [3.05, 3.63) is 35.4 Å². The van der Waals surface area contributed by atoms with Gasteiger partial charge in [-0.25, -0.2) is 0 Å². The lowest BCUT2D eigenvalue weighted by atomic mass is 9.89. The summed E-state index contributed by atoms with van der Waals surface area (Å²) < 4.78 is 0. The Morgan fingerprint density at radius 2 is 1.85 bits per heavy atom. The summed E-state index contributed by atoms with van der Waals surface area (Å²) in [7, 11) is 5.53. The molecule has 1 atom stereocenters. The van der Waals surface area contributed by atoms with E-state index in [1.165, 1.54) is 11.1 Å². The lowest BCUT2D eigenvalue weighted by Crippen LogP contribution is -2.41. The van der Waals surface area contributed by atoms with Gasteiger partial charge in [-0.05, 0) is 50.3 Å². The maximum atomic E-state index is 6.35. The van der Waals surface area contributed by atoms with Gasteiger partial charge in [0.25, 0.3) is 0 Å². The lowest BCUT2D eigenvalue weighted by molar-refractivity contribution is 0.367. The van der Waals surface area contributed by atoms with Gasteiger partial charge in [-0.1, -0.05) is 43.4 Å². The van der Waals surface area contributed by atoms with Crippen molar-refractivity contribution in [1.82, 2.24) is 5.32 Å². The number of nitrogens with two attached hydrogens (primary N) is 1. The fourth-order valence-electron chi connectivity index (χ4n) is 3.06. The van der Waals surface area contributed by atoms with E-state index >= 15 is 0 Å². The van der Waals surface area contributed by atoms with Gasteiger partial charge in [-0.15, -0.1) is 0 Å². The van der Waals surface area contributed by atoms with Gasteiger partial charge in [0.05, 0.1) is 7.85 Å². The third kappa shape index (κ3) is 4.64. The Morgan fingerprint density at radius 3 is 2.45 bits per heavy atom. The fraction of sp³-hybridized carbons (Fsp3) is 0.647. The molecule has 1 aliphatic rings. The topological polar surface area (TPSA) is 38.0 Å². The molecule has 3 N–H and O–H groups in total. The molecule has 0 saturated heterocycles. The molecule has 2 rings (SSSR count). The van der Waals surface area contributed by atoms with E-state index in [-0.39, 0.29) is 5.54 Å². The molecular formula is C17H27BN2. The number of unbranched alkanes of at least 4 members (excludes halogenated alkanes) is 1. The van der Waals surface area contributed by atoms with E-state index in [9.17, 15) is 0 Å². The van der Waals surface area contributed by atoms with Crippen molar-refractivity contribution >= 4 is 7.85 Å². The highest BCUT2D eigenvalue weighted by atomic mass is 14.9. The van der Waals surface area contributed by atoms with Gasteiger partial charge in [0.15, 0.2) is 0 Å². The van der Waals surface area contributed by atoms with E-state index in [4.69, 9.17) is 13.6 Å². The summed E-state index contributed by atoms with van der Waals surface area (Å²) in [5, 5.41) is 3.67. The van der Waals surface area contributed by atoms with Crippen molar-refractivity contribution in [2.24, 2.45) is 5.73 Å². The highest BCUT2D eigenvalue weighted by molar-refractivity contribution is 6.08. The largest absolute Gasteiger partial charge is 0.325 e. The smallest absolute Gasteiger partial charge is 0.0653 e. The zero-order valence-corrected chi connectivity index (χ0v) is 12.7. The molecule has 0 heterocycles. The first-order valence-corrected chi connectivity index (χ1v) is 7.90. The molecule has 1 aromatic carbocycles. The molecule has 2 nitrogen and oxygen atoms in total. The predicted molar refractivity (Wildman–Crippen MR) is 87.3 cm³/mol. The highest BCUT2D eigenvalue weighted by Gasteiger charge is 2.22. The molecule has 3 heteroatoms. The minimum Gasteiger partial charge on any atom is -0.325 e. The third-order valence-corrected chi connectivity index (χ3v) is 4.38. The summed E-state index contributed by atoms with van der Waals surface area (Å²) in [4.78, 5) is 0. The summed E-state index contributed by atoms with van der Waals surface area (Å²) in [5.74, 6) is 0. The van der Waals surface area contributed by atoms with Crippen LogP contribution in [0.4, 0.5) is 0 Å². The number of benzene rings is 1. The first-order valence-electron chi connectivity index (χ1n) is 7.90. The Hall–Kier alpha value is -0.795. The number of nitrogens with one attached hydrogen (secondary N) is 1. The summed E-state index contributed by atoms with van der Waals surface area (Å²) in [6, 6.07) is 9.35. The maximum Gasteiger partial charge on any atom is 0.0653 e. The van der Waals surface area contributed by atoms with Crippen molar-refractivity contribution in [1.29, 1.82) is 0 Å². The Balaban J connectivity index is 1.67. The van der Waals surface area contributed by atoms with Gasteiger partial charge >= 0.3 is 0 Å². The second kappa shape index (κ2) is 7.28. The van der Waals surface area contributed by atoms with E-state index in [0.29, 0.717) is 6.04 Å². The van der Waals surface area contributed by atoms with Crippen molar-refractivity contribution in [2.45, 2.75) is 63.3 Å². The number of fused-ring (bicyclic) bond motifs is 1. The molecule has 0 aromatic heterocycles. The van der Waals surface area contributed by atoms with Crippen LogP contribution in [-0.2, 0) is 12.8 Å². The first-order chi connectivity index (χ1) is 9.61. The summed E-state index contributed by atoms with van der Waals surface area (Å²) in [5.41, 5.74) is 9.29. The minimum atomic E-state index is -0.0619. The average Bonchev–Trinajstić information content (AvgIpc) is 2.81. The number of rotatable bonds is 8. The molecule has 0 fully saturated rings. The van der Waals surface area contributed by atoms with Crippen LogP contribution in [0.1, 0.15) is 43.7 Å². The van der Waals surface area contributed by atoms with Crippen molar-refractivity contribution in [2.75, 3.05) is 6.54 Å². The quantitative estimate of drug-likeness (QED) is 0.563. The fourth-order valence-corrected chi connectivity index (χ4v) is 3.06. The van der Waals surface area contributed by atoms with E-state index in [1.807, 2.05) is 0 Å². The normalized spacial score (nSPS) is 17.9. The highest BCUT2D eigenvalue weighted by Crippen LogP contribution is 2.22. The van der Waals surface area contributed by atoms with Crippen LogP contribution in [0.25, 0.3) is 0 Å². The van der Waals surface area contributed by atoms with Crippen LogP contribution in [0.5, 0.6) is 0 Å². The molecule has 1 aliphatic carbocycles. The monoisotopic (exact) mass is 270 g/mol. The van der Waals surface area contributed by atoms with E-state index in [1.54, 1.807) is 0 Å². The van der Waals surface area contributed by atoms with Gasteiger partial charge in [0.2, 0.25) is 0 Å². The average molecular weight is 270 g/mol. The molecule has 20 heavy (non-hydrogen) atoms. The van der Waals surface area contributed by atoms with Gasteiger partial charge in [-0.2, -0.15) is 0 Å². The van der Waals surface area contributed by atoms with Crippen LogP contribution in [-0.4, -0.2) is 26.0 Å². The van der Waals surface area contributed by atoms with Crippen molar-refractivity contribution < 1.29 is 0 Å². The zero-order chi connectivity index (χ0) is 14.4. The SMILES string of the molecule is [B]CCCCC(C)(N)CCNC1Cc2ccccc2C1. The van der Waals surface area contributed by atoms with Crippen LogP contribution in [0, 0.1) is 0 Å². The molecule has 0 spiro atoms. The second-order valence-corrected chi connectivity index (χ2v) is 6.48. The Bertz CT molecular complexity index is 392. The second-order valence-electron chi connectivity index (χ2n) is 6.48. The molecule has 2 radical (unpaired) electrons. The van der Waals surface area contributed by atoms with E-state index in [0.717, 1.165) is 51.4 Å². The minimum absolute atomic E-state index is 0.0619.